The summed E-state index contributed by atoms with van der Waals surface area (Å²) in [7, 11) is 0.741. The molecule has 3 aromatic heterocycles. The molecule has 0 bridgehead atoms. The monoisotopic (exact) mass is 514 g/mol. The molecule has 3 aromatic rings. The number of carbonyl (C=O) groups is 1. The zero-order chi connectivity index (χ0) is 25.0. The van der Waals surface area contributed by atoms with Crippen molar-refractivity contribution in [3.8, 4) is 17.5 Å². The van der Waals surface area contributed by atoms with Crippen molar-refractivity contribution in [2.75, 3.05) is 18.6 Å². The third-order valence-corrected chi connectivity index (χ3v) is 5.89. The van der Waals surface area contributed by atoms with Gasteiger partial charge in [-0.25, -0.2) is 13.8 Å². The predicted molar refractivity (Wildman–Crippen MR) is 127 cm³/mol. The summed E-state index contributed by atoms with van der Waals surface area (Å²) in [5, 5.41) is 3.87. The van der Waals surface area contributed by atoms with Crippen LogP contribution < -0.4 is 14.8 Å². The van der Waals surface area contributed by atoms with E-state index in [9.17, 15) is 17.8 Å². The number of nitrogens with one attached hydrogen (secondary N) is 1. The predicted octanol–water partition coefficient (Wildman–Crippen LogP) is 4.33. The fourth-order valence-electron chi connectivity index (χ4n) is 3.13. The smallest absolute Gasteiger partial charge is 0.272 e. The van der Waals surface area contributed by atoms with Crippen molar-refractivity contribution in [3.63, 3.8) is 0 Å². The fraction of sp³-hybridized carbons (Fsp3) is 0.409. The average molecular weight is 515 g/mol. The standard InChI is InChI=1S/C22H25ClF2N4O4S/c1-22(2,7-8-34(4)31)28-20(30)15-9-13-5-6-18(27-19(13)29(15)3)33-21-16(32-12-17(24)25)10-14(23)11-26-21/h5-6,9-11,17H,7-8,12H2,1-4H3,(H,28,30). The summed E-state index contributed by atoms with van der Waals surface area (Å²) in [6, 6.07) is 6.31. The molecular weight excluding hydrogens is 490 g/mol. The van der Waals surface area contributed by atoms with E-state index in [1.165, 1.54) is 12.3 Å². The first-order chi connectivity index (χ1) is 15.9. The Morgan fingerprint density at radius 1 is 1.32 bits per heavy atom. The molecule has 1 atom stereocenters. The van der Waals surface area contributed by atoms with Gasteiger partial charge in [0.1, 0.15) is 17.9 Å². The highest BCUT2D eigenvalue weighted by atomic mass is 35.5. The van der Waals surface area contributed by atoms with Crippen LogP contribution in [-0.4, -0.2) is 55.2 Å². The van der Waals surface area contributed by atoms with E-state index in [-0.39, 0.29) is 28.4 Å². The number of nitrogens with zero attached hydrogens (tertiary/aromatic N) is 3. The minimum Gasteiger partial charge on any atom is -0.482 e. The molecule has 184 valence electrons. The maximum atomic E-state index is 12.9. The third-order valence-electron chi connectivity index (χ3n) is 4.90. The minimum atomic E-state index is -2.68. The van der Waals surface area contributed by atoms with Gasteiger partial charge in [-0.2, -0.15) is 4.98 Å². The minimum absolute atomic E-state index is 0.0445. The molecule has 1 amide bonds. The maximum absolute atomic E-state index is 12.9. The van der Waals surface area contributed by atoms with Crippen molar-refractivity contribution in [2.45, 2.75) is 32.2 Å². The van der Waals surface area contributed by atoms with Crippen LogP contribution in [0.25, 0.3) is 11.0 Å². The number of rotatable bonds is 10. The number of ether oxygens (including phenoxy) is 2. The number of hydrogen-bond acceptors (Lipinski definition) is 6. The van der Waals surface area contributed by atoms with Crippen molar-refractivity contribution in [3.05, 3.63) is 41.2 Å². The van der Waals surface area contributed by atoms with Gasteiger partial charge in [0, 0.05) is 59.1 Å². The van der Waals surface area contributed by atoms with Crippen LogP contribution in [-0.2, 0) is 17.8 Å². The molecule has 12 heteroatoms. The molecule has 3 heterocycles. The zero-order valence-corrected chi connectivity index (χ0v) is 20.7. The highest BCUT2D eigenvalue weighted by molar-refractivity contribution is 7.84. The van der Waals surface area contributed by atoms with Crippen LogP contribution in [0.3, 0.4) is 0 Å². The topological polar surface area (TPSA) is 95.3 Å². The second-order valence-corrected chi connectivity index (χ2v) is 10.3. The van der Waals surface area contributed by atoms with Crippen LogP contribution >= 0.6 is 11.6 Å². The van der Waals surface area contributed by atoms with E-state index < -0.39 is 29.4 Å². The molecule has 0 aromatic carbocycles. The largest absolute Gasteiger partial charge is 0.482 e. The fourth-order valence-corrected chi connectivity index (χ4v) is 4.07. The van der Waals surface area contributed by atoms with Crippen LogP contribution in [0.4, 0.5) is 8.78 Å². The van der Waals surface area contributed by atoms with Gasteiger partial charge in [-0.15, -0.1) is 0 Å². The van der Waals surface area contributed by atoms with E-state index in [2.05, 4.69) is 15.3 Å². The Morgan fingerprint density at radius 3 is 2.74 bits per heavy atom. The third kappa shape index (κ3) is 6.63. The molecule has 0 radical (unpaired) electrons. The number of halogens is 3. The Kier molecular flexibility index (Phi) is 8.09. The summed E-state index contributed by atoms with van der Waals surface area (Å²) in [6.07, 6.45) is 0.807. The molecule has 0 fully saturated rings. The SMILES string of the molecule is Cn1c(C(=O)NC(C)(C)CCS(C)=O)cc2ccc(Oc3ncc(Cl)cc3OCC(F)F)nc21. The number of aryl methyl sites for hydroxylation is 1. The van der Waals surface area contributed by atoms with Gasteiger partial charge < -0.3 is 19.4 Å². The molecule has 0 saturated heterocycles. The van der Waals surface area contributed by atoms with Crippen molar-refractivity contribution >= 4 is 39.3 Å². The van der Waals surface area contributed by atoms with Crippen molar-refractivity contribution in [1.29, 1.82) is 0 Å². The molecule has 34 heavy (non-hydrogen) atoms. The van der Waals surface area contributed by atoms with E-state index in [1.54, 1.807) is 36.1 Å². The molecule has 0 aliphatic carbocycles. The molecule has 1 N–H and O–H groups in total. The molecule has 8 nitrogen and oxygen atoms in total. The van der Waals surface area contributed by atoms with Crippen molar-refractivity contribution < 1.29 is 27.3 Å². The molecule has 0 spiro atoms. The first-order valence-corrected chi connectivity index (χ1v) is 12.4. The Morgan fingerprint density at radius 2 is 2.06 bits per heavy atom. The number of pyridine rings is 2. The maximum Gasteiger partial charge on any atom is 0.272 e. The van der Waals surface area contributed by atoms with Crippen LogP contribution in [0.15, 0.2) is 30.5 Å². The lowest BCUT2D eigenvalue weighted by Crippen LogP contribution is -2.44. The van der Waals surface area contributed by atoms with E-state index in [0.717, 1.165) is 0 Å². The Labute approximate surface area is 203 Å². The van der Waals surface area contributed by atoms with Crippen LogP contribution in [0, 0.1) is 0 Å². The summed E-state index contributed by atoms with van der Waals surface area (Å²) in [5.74, 6) is 0.197. The molecule has 0 aliphatic rings. The van der Waals surface area contributed by atoms with Gasteiger partial charge >= 0.3 is 0 Å². The summed E-state index contributed by atoms with van der Waals surface area (Å²) >= 11 is 5.89. The second kappa shape index (κ2) is 10.6. The van der Waals surface area contributed by atoms with Crippen LogP contribution in [0.2, 0.25) is 5.02 Å². The van der Waals surface area contributed by atoms with Crippen LogP contribution in [0.5, 0.6) is 17.5 Å². The lowest BCUT2D eigenvalue weighted by Gasteiger charge is -2.26. The summed E-state index contributed by atoms with van der Waals surface area (Å²) in [6.45, 7) is 2.90. The van der Waals surface area contributed by atoms with E-state index in [0.29, 0.717) is 28.9 Å². The quantitative estimate of drug-likeness (QED) is 0.432. The number of hydrogen-bond donors (Lipinski definition) is 1. The first-order valence-electron chi connectivity index (χ1n) is 10.3. The second-order valence-electron chi connectivity index (χ2n) is 8.28. The molecule has 0 aliphatic heterocycles. The van der Waals surface area contributed by atoms with Crippen LogP contribution in [0.1, 0.15) is 30.8 Å². The van der Waals surface area contributed by atoms with Gasteiger partial charge in [-0.3, -0.25) is 9.00 Å². The van der Waals surface area contributed by atoms with E-state index in [1.807, 2.05) is 13.8 Å². The van der Waals surface area contributed by atoms with E-state index in [4.69, 9.17) is 21.1 Å². The average Bonchev–Trinajstić information content (AvgIpc) is 3.08. The normalized spacial score (nSPS) is 12.7. The van der Waals surface area contributed by atoms with Gasteiger partial charge in [0.05, 0.1) is 5.02 Å². The highest BCUT2D eigenvalue weighted by Gasteiger charge is 2.24. The van der Waals surface area contributed by atoms with Gasteiger partial charge in [-0.1, -0.05) is 11.6 Å². The zero-order valence-electron chi connectivity index (χ0n) is 19.1. The van der Waals surface area contributed by atoms with Gasteiger partial charge in [0.25, 0.3) is 18.2 Å². The number of alkyl halides is 2. The Balaban J connectivity index is 1.83. The summed E-state index contributed by atoms with van der Waals surface area (Å²) in [5.41, 5.74) is 0.311. The van der Waals surface area contributed by atoms with Gasteiger partial charge in [-0.05, 0) is 32.4 Å². The number of aromatic nitrogens is 3. The number of carbonyl (C=O) groups excluding carboxylic acids is 1. The highest BCUT2D eigenvalue weighted by Crippen LogP contribution is 2.32. The van der Waals surface area contributed by atoms with Crippen molar-refractivity contribution in [2.24, 2.45) is 7.05 Å². The molecule has 3 rings (SSSR count). The molecule has 1 unspecified atom stereocenters. The molecular formula is C22H25ClF2N4O4S. The lowest BCUT2D eigenvalue weighted by atomic mass is 10.0. The summed E-state index contributed by atoms with van der Waals surface area (Å²) < 4.78 is 48.9. The number of fused-ring (bicyclic) bond motifs is 1. The molecule has 0 saturated carbocycles. The summed E-state index contributed by atoms with van der Waals surface area (Å²) in [4.78, 5) is 21.3. The van der Waals surface area contributed by atoms with Gasteiger partial charge in [0.15, 0.2) is 5.75 Å². The van der Waals surface area contributed by atoms with Crippen molar-refractivity contribution in [1.82, 2.24) is 19.9 Å². The Hall–Kier alpha value is -2.79. The Bertz CT molecular complexity index is 1220. The van der Waals surface area contributed by atoms with E-state index >= 15 is 0 Å². The first kappa shape index (κ1) is 25.8. The lowest BCUT2D eigenvalue weighted by molar-refractivity contribution is 0.0803. The van der Waals surface area contributed by atoms with Gasteiger partial charge in [0.2, 0.25) is 5.88 Å². The number of amides is 1.